The molecule has 0 fully saturated rings. The minimum atomic E-state index is 0.0993. The summed E-state index contributed by atoms with van der Waals surface area (Å²) in [6.07, 6.45) is 4.65. The molecule has 1 aromatic carbocycles. The summed E-state index contributed by atoms with van der Waals surface area (Å²) in [5.74, 6) is 0. The Labute approximate surface area is 136 Å². The van der Waals surface area contributed by atoms with E-state index in [1.165, 1.54) is 34.2 Å². The van der Waals surface area contributed by atoms with E-state index in [1.54, 1.807) is 11.9 Å². The van der Waals surface area contributed by atoms with Gasteiger partial charge in [0.05, 0.1) is 10.2 Å². The van der Waals surface area contributed by atoms with Crippen molar-refractivity contribution in [3.63, 3.8) is 0 Å². The number of thiazole rings is 1. The molecule has 0 aliphatic carbocycles. The van der Waals surface area contributed by atoms with Crippen LogP contribution in [0.4, 0.5) is 0 Å². The lowest BCUT2D eigenvalue weighted by molar-refractivity contribution is 0.535. The standard InChI is InChI=1S/C17H26N2S2/c1-6-8-12-10-13(9-7-2)15-14(11-12)20-16(18-15)21-19-17(3,4)5/h10-11,19H,6-9H2,1-5H3. The average Bonchev–Trinajstić information content (AvgIpc) is 2.80. The monoisotopic (exact) mass is 322 g/mol. The van der Waals surface area contributed by atoms with Crippen molar-refractivity contribution in [1.29, 1.82) is 0 Å². The molecule has 0 unspecified atom stereocenters. The second-order valence-corrected chi connectivity index (χ2v) is 8.62. The van der Waals surface area contributed by atoms with Crippen molar-refractivity contribution in [3.05, 3.63) is 23.3 Å². The van der Waals surface area contributed by atoms with Crippen molar-refractivity contribution in [2.45, 2.75) is 70.2 Å². The number of rotatable bonds is 6. The van der Waals surface area contributed by atoms with Gasteiger partial charge >= 0.3 is 0 Å². The molecule has 0 atom stereocenters. The molecule has 21 heavy (non-hydrogen) atoms. The zero-order valence-corrected chi connectivity index (χ0v) is 15.4. The summed E-state index contributed by atoms with van der Waals surface area (Å²) >= 11 is 3.46. The normalized spacial score (nSPS) is 12.2. The molecule has 0 saturated carbocycles. The van der Waals surface area contributed by atoms with Gasteiger partial charge in [0.15, 0.2) is 4.34 Å². The number of hydrogen-bond donors (Lipinski definition) is 1. The van der Waals surface area contributed by atoms with E-state index in [-0.39, 0.29) is 5.54 Å². The number of aromatic nitrogens is 1. The summed E-state index contributed by atoms with van der Waals surface area (Å²) in [4.78, 5) is 4.85. The Kier molecular flexibility index (Phi) is 5.69. The fraction of sp³-hybridized carbons (Fsp3) is 0.588. The van der Waals surface area contributed by atoms with E-state index < -0.39 is 0 Å². The highest BCUT2D eigenvalue weighted by atomic mass is 32.2. The van der Waals surface area contributed by atoms with Gasteiger partial charge in [-0.05, 0) is 62.8 Å². The second kappa shape index (κ2) is 7.12. The van der Waals surface area contributed by atoms with Crippen LogP contribution in [0.2, 0.25) is 0 Å². The van der Waals surface area contributed by atoms with E-state index in [2.05, 4.69) is 51.5 Å². The fourth-order valence-corrected chi connectivity index (χ4v) is 4.18. The van der Waals surface area contributed by atoms with Crippen LogP contribution in [0.3, 0.4) is 0 Å². The fourth-order valence-electron chi connectivity index (χ4n) is 2.28. The molecule has 0 aliphatic heterocycles. The molecule has 4 heteroatoms. The Balaban J connectivity index is 2.33. The van der Waals surface area contributed by atoms with Gasteiger partial charge in [0, 0.05) is 5.54 Å². The van der Waals surface area contributed by atoms with Gasteiger partial charge in [-0.25, -0.2) is 4.98 Å². The molecule has 2 aromatic rings. The van der Waals surface area contributed by atoms with Crippen LogP contribution < -0.4 is 4.72 Å². The molecular weight excluding hydrogens is 296 g/mol. The molecule has 0 saturated heterocycles. The number of fused-ring (bicyclic) bond motifs is 1. The van der Waals surface area contributed by atoms with Crippen LogP contribution in [-0.2, 0) is 12.8 Å². The number of benzene rings is 1. The lowest BCUT2D eigenvalue weighted by atomic mass is 10.0. The van der Waals surface area contributed by atoms with Gasteiger partial charge in [-0.1, -0.05) is 32.8 Å². The summed E-state index contributed by atoms with van der Waals surface area (Å²) in [6.45, 7) is 11.0. The van der Waals surface area contributed by atoms with Crippen molar-refractivity contribution >= 4 is 33.5 Å². The van der Waals surface area contributed by atoms with Gasteiger partial charge in [0.1, 0.15) is 0 Å². The van der Waals surface area contributed by atoms with E-state index in [0.717, 1.165) is 17.2 Å². The number of nitrogens with zero attached hydrogens (tertiary/aromatic N) is 1. The first-order valence-corrected chi connectivity index (χ1v) is 9.42. The van der Waals surface area contributed by atoms with Crippen molar-refractivity contribution in [2.75, 3.05) is 0 Å². The van der Waals surface area contributed by atoms with E-state index in [9.17, 15) is 0 Å². The van der Waals surface area contributed by atoms with Crippen LogP contribution in [0, 0.1) is 0 Å². The van der Waals surface area contributed by atoms with Crippen LogP contribution >= 0.6 is 23.3 Å². The maximum atomic E-state index is 4.85. The maximum Gasteiger partial charge on any atom is 0.166 e. The number of aryl methyl sites for hydroxylation is 2. The van der Waals surface area contributed by atoms with Crippen molar-refractivity contribution < 1.29 is 0 Å². The summed E-state index contributed by atoms with van der Waals surface area (Å²) in [5, 5.41) is 0. The Bertz CT molecular complexity index is 597. The first-order chi connectivity index (χ1) is 9.93. The minimum Gasteiger partial charge on any atom is -0.253 e. The topological polar surface area (TPSA) is 24.9 Å². The highest BCUT2D eigenvalue weighted by molar-refractivity contribution is 7.99. The Morgan fingerprint density at radius 1 is 1.14 bits per heavy atom. The predicted molar refractivity (Wildman–Crippen MR) is 96.4 cm³/mol. The molecule has 0 amide bonds. The van der Waals surface area contributed by atoms with Gasteiger partial charge in [-0.3, -0.25) is 4.72 Å². The smallest absolute Gasteiger partial charge is 0.166 e. The summed E-state index contributed by atoms with van der Waals surface area (Å²) in [6, 6.07) is 4.69. The molecule has 0 spiro atoms. The minimum absolute atomic E-state index is 0.0993. The van der Waals surface area contributed by atoms with Crippen LogP contribution in [0.15, 0.2) is 16.5 Å². The zero-order chi connectivity index (χ0) is 15.5. The molecular formula is C17H26N2S2. The summed E-state index contributed by atoms with van der Waals surface area (Å²) < 4.78 is 5.91. The van der Waals surface area contributed by atoms with Gasteiger partial charge in [-0.15, -0.1) is 11.3 Å². The number of nitrogens with one attached hydrogen (secondary N) is 1. The molecule has 0 bridgehead atoms. The lowest BCUT2D eigenvalue weighted by Gasteiger charge is -2.17. The molecule has 2 rings (SSSR count). The van der Waals surface area contributed by atoms with Crippen molar-refractivity contribution in [1.82, 2.24) is 9.71 Å². The highest BCUT2D eigenvalue weighted by Gasteiger charge is 2.14. The Morgan fingerprint density at radius 2 is 1.86 bits per heavy atom. The van der Waals surface area contributed by atoms with Crippen LogP contribution in [0.1, 0.15) is 58.6 Å². The third-order valence-corrected chi connectivity index (χ3v) is 5.39. The first kappa shape index (κ1) is 16.8. The highest BCUT2D eigenvalue weighted by Crippen LogP contribution is 2.32. The Hall–Kier alpha value is -0.580. The van der Waals surface area contributed by atoms with Gasteiger partial charge < -0.3 is 0 Å². The lowest BCUT2D eigenvalue weighted by Crippen LogP contribution is -2.29. The molecule has 0 aliphatic rings. The third kappa shape index (κ3) is 4.70. The van der Waals surface area contributed by atoms with Gasteiger partial charge in [0.25, 0.3) is 0 Å². The number of hydrogen-bond acceptors (Lipinski definition) is 4. The SMILES string of the molecule is CCCc1cc(CCC)c2nc(SNC(C)(C)C)sc2c1. The third-order valence-electron chi connectivity index (χ3n) is 3.12. The molecule has 2 nitrogen and oxygen atoms in total. The van der Waals surface area contributed by atoms with Crippen molar-refractivity contribution in [3.8, 4) is 0 Å². The summed E-state index contributed by atoms with van der Waals surface area (Å²) in [7, 11) is 0. The van der Waals surface area contributed by atoms with E-state index in [4.69, 9.17) is 4.98 Å². The average molecular weight is 323 g/mol. The van der Waals surface area contributed by atoms with Crippen LogP contribution in [0.25, 0.3) is 10.2 Å². The first-order valence-electron chi connectivity index (χ1n) is 7.79. The van der Waals surface area contributed by atoms with Crippen molar-refractivity contribution in [2.24, 2.45) is 0 Å². The molecule has 1 aromatic heterocycles. The van der Waals surface area contributed by atoms with Crippen LogP contribution in [-0.4, -0.2) is 10.5 Å². The van der Waals surface area contributed by atoms with E-state index in [1.807, 2.05) is 11.3 Å². The Morgan fingerprint density at radius 3 is 2.48 bits per heavy atom. The second-order valence-electron chi connectivity index (χ2n) is 6.54. The molecule has 1 heterocycles. The molecule has 116 valence electrons. The molecule has 0 radical (unpaired) electrons. The predicted octanol–water partition coefficient (Wildman–Crippen LogP) is 5.60. The largest absolute Gasteiger partial charge is 0.253 e. The van der Waals surface area contributed by atoms with E-state index in [0.29, 0.717) is 0 Å². The summed E-state index contributed by atoms with van der Waals surface area (Å²) in [5.41, 5.74) is 4.18. The zero-order valence-electron chi connectivity index (χ0n) is 13.7. The van der Waals surface area contributed by atoms with Gasteiger partial charge in [-0.2, -0.15) is 0 Å². The molecule has 1 N–H and O–H groups in total. The maximum absolute atomic E-state index is 4.85. The van der Waals surface area contributed by atoms with Gasteiger partial charge in [0.2, 0.25) is 0 Å². The van der Waals surface area contributed by atoms with E-state index >= 15 is 0 Å². The quantitative estimate of drug-likeness (QED) is 0.701. The van der Waals surface area contributed by atoms with Crippen LogP contribution in [0.5, 0.6) is 0 Å².